The average molecular weight is 157 g/mol. The maximum Gasteiger partial charge on any atom is 0.328 e. The average Bonchev–Trinajstić information content (AvgIpc) is 1.85. The standard InChI is InChI=1S/C4H3N3O4/c8-2-1(7-11)3(9)6-4(10)5-2/h(H3,5,6,8,9,10). The molecule has 58 valence electrons. The molecule has 7 nitrogen and oxygen atoms in total. The van der Waals surface area contributed by atoms with Crippen LogP contribution in [0, 0.1) is 4.91 Å². The zero-order valence-corrected chi connectivity index (χ0v) is 5.12. The Morgan fingerprint density at radius 2 is 1.91 bits per heavy atom. The summed E-state index contributed by atoms with van der Waals surface area (Å²) in [6.45, 7) is 0. The summed E-state index contributed by atoms with van der Waals surface area (Å²) in [6.07, 6.45) is 0. The topological polar surface area (TPSA) is 115 Å². The Hall–Kier alpha value is -1.92. The molecule has 1 rings (SSSR count). The minimum Gasteiger partial charge on any atom is -0.493 e. The van der Waals surface area contributed by atoms with Crippen molar-refractivity contribution in [3.8, 4) is 5.88 Å². The van der Waals surface area contributed by atoms with Crippen molar-refractivity contribution in [1.82, 2.24) is 9.97 Å². The van der Waals surface area contributed by atoms with E-state index in [1.54, 1.807) is 9.97 Å². The SMILES string of the molecule is O=Nc1c(O)[nH]c(=O)[nH]c1=O. The van der Waals surface area contributed by atoms with E-state index in [1.165, 1.54) is 0 Å². The highest BCUT2D eigenvalue weighted by molar-refractivity contribution is 5.42. The molecule has 1 aromatic heterocycles. The van der Waals surface area contributed by atoms with Gasteiger partial charge in [0, 0.05) is 0 Å². The van der Waals surface area contributed by atoms with Crippen LogP contribution in [-0.2, 0) is 0 Å². The van der Waals surface area contributed by atoms with Crippen LogP contribution in [0.2, 0.25) is 0 Å². The van der Waals surface area contributed by atoms with Crippen molar-refractivity contribution in [2.75, 3.05) is 0 Å². The van der Waals surface area contributed by atoms with E-state index in [1.807, 2.05) is 0 Å². The van der Waals surface area contributed by atoms with Crippen LogP contribution in [0.1, 0.15) is 0 Å². The van der Waals surface area contributed by atoms with Gasteiger partial charge in [-0.3, -0.25) is 14.8 Å². The first-order chi connectivity index (χ1) is 5.15. The van der Waals surface area contributed by atoms with E-state index in [2.05, 4.69) is 5.18 Å². The molecular formula is C4H3N3O4. The van der Waals surface area contributed by atoms with Crippen molar-refractivity contribution in [3.63, 3.8) is 0 Å². The molecule has 0 spiro atoms. The van der Waals surface area contributed by atoms with Gasteiger partial charge in [-0.2, -0.15) is 0 Å². The molecule has 1 aromatic rings. The van der Waals surface area contributed by atoms with Gasteiger partial charge in [0.05, 0.1) is 0 Å². The number of rotatable bonds is 1. The lowest BCUT2D eigenvalue weighted by Crippen LogP contribution is -2.20. The Morgan fingerprint density at radius 3 is 2.36 bits per heavy atom. The molecule has 11 heavy (non-hydrogen) atoms. The number of nitrogens with zero attached hydrogens (tertiary/aromatic N) is 1. The fraction of sp³-hybridized carbons (Fsp3) is 0. The van der Waals surface area contributed by atoms with Gasteiger partial charge in [0.15, 0.2) is 0 Å². The molecule has 0 aromatic carbocycles. The van der Waals surface area contributed by atoms with Gasteiger partial charge in [-0.1, -0.05) is 0 Å². The number of aromatic amines is 2. The van der Waals surface area contributed by atoms with Crippen LogP contribution in [-0.4, -0.2) is 15.1 Å². The lowest BCUT2D eigenvalue weighted by atomic mass is 10.5. The molecule has 0 unspecified atom stereocenters. The molecule has 0 amide bonds. The zero-order chi connectivity index (χ0) is 8.43. The summed E-state index contributed by atoms with van der Waals surface area (Å²) in [7, 11) is 0. The van der Waals surface area contributed by atoms with E-state index in [-0.39, 0.29) is 0 Å². The molecule has 1 heterocycles. The summed E-state index contributed by atoms with van der Waals surface area (Å²) in [6, 6.07) is 0. The van der Waals surface area contributed by atoms with Gasteiger partial charge in [0.2, 0.25) is 11.6 Å². The molecule has 0 aliphatic carbocycles. The molecule has 3 N–H and O–H groups in total. The largest absolute Gasteiger partial charge is 0.493 e. The van der Waals surface area contributed by atoms with E-state index in [4.69, 9.17) is 5.11 Å². The Balaban J connectivity index is 3.62. The second-order valence-electron chi connectivity index (χ2n) is 1.70. The first-order valence-corrected chi connectivity index (χ1v) is 2.54. The van der Waals surface area contributed by atoms with Gasteiger partial charge in [-0.25, -0.2) is 4.79 Å². The van der Waals surface area contributed by atoms with E-state index in [0.29, 0.717) is 0 Å². The summed E-state index contributed by atoms with van der Waals surface area (Å²) in [5, 5.41) is 10.9. The van der Waals surface area contributed by atoms with E-state index >= 15 is 0 Å². The van der Waals surface area contributed by atoms with Gasteiger partial charge in [0.25, 0.3) is 5.56 Å². The van der Waals surface area contributed by atoms with Gasteiger partial charge in [-0.15, -0.1) is 4.91 Å². The Bertz CT molecular complexity index is 389. The summed E-state index contributed by atoms with van der Waals surface area (Å²) in [5.74, 6) is -0.825. The van der Waals surface area contributed by atoms with Crippen molar-refractivity contribution in [3.05, 3.63) is 25.7 Å². The Labute approximate surface area is 58.7 Å². The third kappa shape index (κ3) is 1.16. The number of aromatic nitrogens is 2. The number of H-pyrrole nitrogens is 2. The van der Waals surface area contributed by atoms with Crippen LogP contribution < -0.4 is 11.2 Å². The predicted molar refractivity (Wildman–Crippen MR) is 34.8 cm³/mol. The Morgan fingerprint density at radius 1 is 1.27 bits per heavy atom. The molecule has 0 bridgehead atoms. The number of hydrogen-bond donors (Lipinski definition) is 3. The van der Waals surface area contributed by atoms with Crippen molar-refractivity contribution >= 4 is 5.69 Å². The highest BCUT2D eigenvalue weighted by atomic mass is 16.3. The zero-order valence-electron chi connectivity index (χ0n) is 5.12. The molecule has 0 aliphatic rings. The summed E-state index contributed by atoms with van der Waals surface area (Å²) in [5.41, 5.74) is -2.63. The van der Waals surface area contributed by atoms with Crippen molar-refractivity contribution in [1.29, 1.82) is 0 Å². The second kappa shape index (κ2) is 2.37. The van der Waals surface area contributed by atoms with Crippen LogP contribution in [0.25, 0.3) is 0 Å². The maximum absolute atomic E-state index is 10.6. The van der Waals surface area contributed by atoms with E-state index < -0.39 is 22.8 Å². The lowest BCUT2D eigenvalue weighted by Gasteiger charge is -1.90. The normalized spacial score (nSPS) is 9.45. The fourth-order valence-corrected chi connectivity index (χ4v) is 0.553. The first-order valence-electron chi connectivity index (χ1n) is 2.54. The van der Waals surface area contributed by atoms with Crippen LogP contribution >= 0.6 is 0 Å². The third-order valence-corrected chi connectivity index (χ3v) is 0.990. The van der Waals surface area contributed by atoms with Crippen LogP contribution in [0.4, 0.5) is 5.69 Å². The quantitative estimate of drug-likeness (QED) is 0.461. The number of hydrogen-bond acceptors (Lipinski definition) is 5. The maximum atomic E-state index is 10.6. The van der Waals surface area contributed by atoms with Crippen molar-refractivity contribution in [2.24, 2.45) is 5.18 Å². The predicted octanol–water partition coefficient (Wildman–Crippen LogP) is -0.833. The van der Waals surface area contributed by atoms with Gasteiger partial charge >= 0.3 is 5.69 Å². The highest BCUT2D eigenvalue weighted by Crippen LogP contribution is 2.13. The highest BCUT2D eigenvalue weighted by Gasteiger charge is 2.06. The van der Waals surface area contributed by atoms with Gasteiger partial charge in [-0.05, 0) is 5.18 Å². The smallest absolute Gasteiger partial charge is 0.328 e. The van der Waals surface area contributed by atoms with Crippen molar-refractivity contribution < 1.29 is 5.11 Å². The molecule has 0 fully saturated rings. The third-order valence-electron chi connectivity index (χ3n) is 0.990. The Kier molecular flexibility index (Phi) is 1.55. The van der Waals surface area contributed by atoms with Gasteiger partial charge < -0.3 is 5.11 Å². The monoisotopic (exact) mass is 157 g/mol. The molecule has 0 aliphatic heterocycles. The molecule has 0 atom stereocenters. The summed E-state index contributed by atoms with van der Waals surface area (Å²) < 4.78 is 0. The minimum absolute atomic E-state index is 0.732. The summed E-state index contributed by atoms with van der Waals surface area (Å²) in [4.78, 5) is 34.2. The van der Waals surface area contributed by atoms with Crippen LogP contribution in [0.3, 0.4) is 0 Å². The second-order valence-corrected chi connectivity index (χ2v) is 1.70. The lowest BCUT2D eigenvalue weighted by molar-refractivity contribution is 0.450. The van der Waals surface area contributed by atoms with Gasteiger partial charge in [0.1, 0.15) is 0 Å². The molecule has 0 saturated heterocycles. The van der Waals surface area contributed by atoms with E-state index in [0.717, 1.165) is 0 Å². The molecule has 0 saturated carbocycles. The first kappa shape index (κ1) is 7.19. The molecule has 0 radical (unpaired) electrons. The van der Waals surface area contributed by atoms with Crippen LogP contribution in [0.15, 0.2) is 14.8 Å². The number of aromatic hydroxyl groups is 1. The fourth-order valence-electron chi connectivity index (χ4n) is 0.553. The molecular weight excluding hydrogens is 154 g/mol. The summed E-state index contributed by atoms with van der Waals surface area (Å²) >= 11 is 0. The van der Waals surface area contributed by atoms with Crippen molar-refractivity contribution in [2.45, 2.75) is 0 Å². The number of nitrogens with one attached hydrogen (secondary N) is 2. The number of nitroso groups, excluding NO2 is 1. The van der Waals surface area contributed by atoms with Crippen LogP contribution in [0.5, 0.6) is 5.88 Å². The van der Waals surface area contributed by atoms with E-state index in [9.17, 15) is 14.5 Å². The minimum atomic E-state index is -1.01. The molecule has 7 heteroatoms.